The lowest BCUT2D eigenvalue weighted by atomic mass is 10.2. The third-order valence-corrected chi connectivity index (χ3v) is 2.01. The van der Waals surface area contributed by atoms with Crippen molar-refractivity contribution in [2.45, 2.75) is 33.2 Å². The van der Waals surface area contributed by atoms with Crippen molar-refractivity contribution in [1.29, 1.82) is 0 Å². The molecule has 0 aromatic carbocycles. The van der Waals surface area contributed by atoms with E-state index >= 15 is 0 Å². The SMILES string of the molecule is CCC(C)N(CC)CCO. The predicted molar refractivity (Wildman–Crippen MR) is 44.1 cm³/mol. The van der Waals surface area contributed by atoms with E-state index in [1.807, 2.05) is 0 Å². The van der Waals surface area contributed by atoms with Crippen molar-refractivity contribution in [3.8, 4) is 0 Å². The molecule has 0 heterocycles. The van der Waals surface area contributed by atoms with Crippen molar-refractivity contribution in [2.75, 3.05) is 19.7 Å². The van der Waals surface area contributed by atoms with Crippen LogP contribution in [0.15, 0.2) is 0 Å². The van der Waals surface area contributed by atoms with Gasteiger partial charge in [-0.15, -0.1) is 0 Å². The lowest BCUT2D eigenvalue weighted by Gasteiger charge is -2.25. The first-order chi connectivity index (χ1) is 4.76. The van der Waals surface area contributed by atoms with E-state index in [1.165, 1.54) is 0 Å². The van der Waals surface area contributed by atoms with Crippen LogP contribution < -0.4 is 0 Å². The number of likely N-dealkylation sites (N-methyl/N-ethyl adjacent to an activating group) is 1. The van der Waals surface area contributed by atoms with Crippen LogP contribution in [0.5, 0.6) is 0 Å². The second-order valence-corrected chi connectivity index (χ2v) is 2.61. The Morgan fingerprint density at radius 2 is 2.00 bits per heavy atom. The molecule has 2 heteroatoms. The summed E-state index contributed by atoms with van der Waals surface area (Å²) in [4.78, 5) is 2.28. The maximum atomic E-state index is 8.67. The quantitative estimate of drug-likeness (QED) is 0.626. The third kappa shape index (κ3) is 3.18. The molecule has 0 aliphatic heterocycles. The average Bonchev–Trinajstić information content (AvgIpc) is 1.99. The van der Waals surface area contributed by atoms with Crippen LogP contribution in [-0.2, 0) is 0 Å². The zero-order valence-electron chi connectivity index (χ0n) is 7.30. The minimum absolute atomic E-state index is 0.276. The van der Waals surface area contributed by atoms with E-state index in [0.29, 0.717) is 6.04 Å². The summed E-state index contributed by atoms with van der Waals surface area (Å²) in [6.45, 7) is 8.62. The highest BCUT2D eigenvalue weighted by Crippen LogP contribution is 2.00. The fourth-order valence-corrected chi connectivity index (χ4v) is 1.08. The fourth-order valence-electron chi connectivity index (χ4n) is 1.08. The van der Waals surface area contributed by atoms with Gasteiger partial charge in [0.05, 0.1) is 6.61 Å². The molecule has 0 bridgehead atoms. The molecule has 2 nitrogen and oxygen atoms in total. The summed E-state index contributed by atoms with van der Waals surface area (Å²) in [6, 6.07) is 0.608. The lowest BCUT2D eigenvalue weighted by Crippen LogP contribution is -2.34. The molecular formula is C8H19NO. The minimum atomic E-state index is 0.276. The molecule has 0 aromatic rings. The molecule has 0 fully saturated rings. The van der Waals surface area contributed by atoms with Gasteiger partial charge in [-0.1, -0.05) is 13.8 Å². The van der Waals surface area contributed by atoms with Gasteiger partial charge >= 0.3 is 0 Å². The van der Waals surface area contributed by atoms with Crippen molar-refractivity contribution in [1.82, 2.24) is 4.90 Å². The van der Waals surface area contributed by atoms with Crippen molar-refractivity contribution in [3.05, 3.63) is 0 Å². The van der Waals surface area contributed by atoms with Gasteiger partial charge < -0.3 is 5.11 Å². The summed E-state index contributed by atoms with van der Waals surface area (Å²) in [5, 5.41) is 8.67. The lowest BCUT2D eigenvalue weighted by molar-refractivity contribution is 0.162. The first kappa shape index (κ1) is 9.92. The molecular weight excluding hydrogens is 126 g/mol. The van der Waals surface area contributed by atoms with Crippen LogP contribution in [0.1, 0.15) is 27.2 Å². The molecule has 62 valence electrons. The summed E-state index contributed by atoms with van der Waals surface area (Å²) in [7, 11) is 0. The Bertz CT molecular complexity index is 75.7. The highest BCUT2D eigenvalue weighted by Gasteiger charge is 2.07. The monoisotopic (exact) mass is 145 g/mol. The van der Waals surface area contributed by atoms with E-state index in [2.05, 4.69) is 25.7 Å². The molecule has 0 aromatic heterocycles. The van der Waals surface area contributed by atoms with Crippen molar-refractivity contribution < 1.29 is 5.11 Å². The standard InChI is InChI=1S/C8H19NO/c1-4-8(3)9(5-2)6-7-10/h8,10H,4-7H2,1-3H3. The highest BCUT2D eigenvalue weighted by atomic mass is 16.3. The second kappa shape index (κ2) is 5.69. The third-order valence-electron chi connectivity index (χ3n) is 2.01. The molecule has 0 saturated heterocycles. The van der Waals surface area contributed by atoms with Gasteiger partial charge in [0.1, 0.15) is 0 Å². The number of hydrogen-bond acceptors (Lipinski definition) is 2. The number of hydrogen-bond donors (Lipinski definition) is 1. The van der Waals surface area contributed by atoms with Gasteiger partial charge in [0, 0.05) is 12.6 Å². The number of aliphatic hydroxyl groups excluding tert-OH is 1. The molecule has 0 spiro atoms. The second-order valence-electron chi connectivity index (χ2n) is 2.61. The number of aliphatic hydroxyl groups is 1. The maximum Gasteiger partial charge on any atom is 0.0558 e. The van der Waals surface area contributed by atoms with E-state index in [1.54, 1.807) is 0 Å². The van der Waals surface area contributed by atoms with Gasteiger partial charge in [0.2, 0.25) is 0 Å². The molecule has 0 rings (SSSR count). The molecule has 10 heavy (non-hydrogen) atoms. The average molecular weight is 145 g/mol. The Hall–Kier alpha value is -0.0800. The van der Waals surface area contributed by atoms with Crippen molar-refractivity contribution in [2.24, 2.45) is 0 Å². The summed E-state index contributed by atoms with van der Waals surface area (Å²) in [5.41, 5.74) is 0. The number of nitrogens with zero attached hydrogens (tertiary/aromatic N) is 1. The predicted octanol–water partition coefficient (Wildman–Crippen LogP) is 1.10. The maximum absolute atomic E-state index is 8.67. The highest BCUT2D eigenvalue weighted by molar-refractivity contribution is 4.62. The molecule has 1 unspecified atom stereocenters. The van der Waals surface area contributed by atoms with Crippen LogP contribution in [0.25, 0.3) is 0 Å². The van der Waals surface area contributed by atoms with Gasteiger partial charge in [0.15, 0.2) is 0 Å². The van der Waals surface area contributed by atoms with E-state index in [-0.39, 0.29) is 6.61 Å². The van der Waals surface area contributed by atoms with Crippen molar-refractivity contribution in [3.63, 3.8) is 0 Å². The Balaban J connectivity index is 3.56. The largest absolute Gasteiger partial charge is 0.395 e. The summed E-state index contributed by atoms with van der Waals surface area (Å²) >= 11 is 0. The zero-order valence-corrected chi connectivity index (χ0v) is 7.30. The Morgan fingerprint density at radius 1 is 1.40 bits per heavy atom. The molecule has 1 atom stereocenters. The van der Waals surface area contributed by atoms with Gasteiger partial charge in [0.25, 0.3) is 0 Å². The molecule has 0 amide bonds. The Labute approximate surface area is 63.8 Å². The van der Waals surface area contributed by atoms with Crippen LogP contribution in [0.4, 0.5) is 0 Å². The molecule has 0 aliphatic carbocycles. The summed E-state index contributed by atoms with van der Waals surface area (Å²) in [6.07, 6.45) is 1.16. The fraction of sp³-hybridized carbons (Fsp3) is 1.00. The van der Waals surface area contributed by atoms with E-state index in [4.69, 9.17) is 5.11 Å². The first-order valence-electron chi connectivity index (χ1n) is 4.11. The van der Waals surface area contributed by atoms with Crippen LogP contribution in [0.2, 0.25) is 0 Å². The normalized spacial score (nSPS) is 14.1. The number of rotatable bonds is 5. The summed E-state index contributed by atoms with van der Waals surface area (Å²) < 4.78 is 0. The minimum Gasteiger partial charge on any atom is -0.395 e. The first-order valence-corrected chi connectivity index (χ1v) is 4.11. The zero-order chi connectivity index (χ0) is 7.98. The van der Waals surface area contributed by atoms with Crippen LogP contribution in [0, 0.1) is 0 Å². The van der Waals surface area contributed by atoms with Crippen LogP contribution >= 0.6 is 0 Å². The Morgan fingerprint density at radius 3 is 2.30 bits per heavy atom. The van der Waals surface area contributed by atoms with Gasteiger partial charge in [-0.25, -0.2) is 0 Å². The molecule has 0 aliphatic rings. The topological polar surface area (TPSA) is 23.5 Å². The Kier molecular flexibility index (Phi) is 5.64. The smallest absolute Gasteiger partial charge is 0.0558 e. The van der Waals surface area contributed by atoms with E-state index in [0.717, 1.165) is 19.5 Å². The van der Waals surface area contributed by atoms with Gasteiger partial charge in [-0.2, -0.15) is 0 Å². The van der Waals surface area contributed by atoms with E-state index < -0.39 is 0 Å². The van der Waals surface area contributed by atoms with Crippen LogP contribution in [0.3, 0.4) is 0 Å². The molecule has 1 N–H and O–H groups in total. The molecule has 0 radical (unpaired) electrons. The van der Waals surface area contributed by atoms with E-state index in [9.17, 15) is 0 Å². The summed E-state index contributed by atoms with van der Waals surface area (Å²) in [5.74, 6) is 0. The molecule has 0 saturated carbocycles. The van der Waals surface area contributed by atoms with Crippen molar-refractivity contribution >= 4 is 0 Å². The van der Waals surface area contributed by atoms with Gasteiger partial charge in [-0.05, 0) is 19.9 Å². The van der Waals surface area contributed by atoms with Gasteiger partial charge in [-0.3, -0.25) is 4.90 Å². The van der Waals surface area contributed by atoms with Crippen LogP contribution in [-0.4, -0.2) is 35.7 Å².